The first-order chi connectivity index (χ1) is 11.4. The lowest BCUT2D eigenvalue weighted by Crippen LogP contribution is -2.54. The number of aliphatic hydroxyl groups is 1. The van der Waals surface area contributed by atoms with Crippen LogP contribution in [0.4, 0.5) is 4.79 Å². The molecule has 0 bridgehead atoms. The number of nitrogens with one attached hydrogen (secondary N) is 1. The van der Waals surface area contributed by atoms with Gasteiger partial charge in [-0.2, -0.15) is 0 Å². The molecule has 6 heteroatoms. The van der Waals surface area contributed by atoms with Gasteiger partial charge in [-0.3, -0.25) is 0 Å². The van der Waals surface area contributed by atoms with Crippen LogP contribution in [0.3, 0.4) is 0 Å². The number of likely N-dealkylation sites (tertiary alicyclic amines) is 1. The molecule has 0 saturated carbocycles. The predicted octanol–water partition coefficient (Wildman–Crippen LogP) is 2.01. The van der Waals surface area contributed by atoms with Gasteiger partial charge in [-0.15, -0.1) is 0 Å². The quantitative estimate of drug-likeness (QED) is 0.748. The van der Waals surface area contributed by atoms with Crippen molar-refractivity contribution in [2.45, 2.75) is 52.1 Å². The first-order valence-electron chi connectivity index (χ1n) is 9.23. The zero-order valence-corrected chi connectivity index (χ0v) is 15.5. The van der Waals surface area contributed by atoms with Crippen LogP contribution in [-0.4, -0.2) is 67.7 Å². The molecule has 2 saturated heterocycles. The van der Waals surface area contributed by atoms with Crippen LogP contribution in [0.1, 0.15) is 46.5 Å². The Hall–Kier alpha value is -0.850. The van der Waals surface area contributed by atoms with E-state index in [4.69, 9.17) is 14.6 Å². The molecule has 6 nitrogen and oxygen atoms in total. The molecular weight excluding hydrogens is 308 g/mol. The molecule has 2 aliphatic rings. The lowest BCUT2D eigenvalue weighted by Gasteiger charge is -2.50. The Morgan fingerprint density at radius 2 is 2.04 bits per heavy atom. The fraction of sp³-hybridized carbons (Fsp3) is 0.944. The highest BCUT2D eigenvalue weighted by Crippen LogP contribution is 2.44. The summed E-state index contributed by atoms with van der Waals surface area (Å²) >= 11 is 0. The average Bonchev–Trinajstić information content (AvgIpc) is 2.52. The van der Waals surface area contributed by atoms with Crippen LogP contribution in [0.25, 0.3) is 0 Å². The van der Waals surface area contributed by atoms with E-state index in [0.29, 0.717) is 5.92 Å². The van der Waals surface area contributed by atoms with Crippen LogP contribution in [-0.2, 0) is 9.47 Å². The molecular formula is C18H34N2O4. The predicted molar refractivity (Wildman–Crippen MR) is 93.0 cm³/mol. The van der Waals surface area contributed by atoms with Crippen molar-refractivity contribution in [1.29, 1.82) is 0 Å². The van der Waals surface area contributed by atoms with E-state index < -0.39 is 5.60 Å². The van der Waals surface area contributed by atoms with Gasteiger partial charge < -0.3 is 24.8 Å². The molecule has 2 aliphatic heterocycles. The fourth-order valence-corrected chi connectivity index (χ4v) is 3.80. The molecule has 2 N–H and O–H groups in total. The smallest absolute Gasteiger partial charge is 0.410 e. The van der Waals surface area contributed by atoms with Crippen molar-refractivity contribution < 1.29 is 19.4 Å². The van der Waals surface area contributed by atoms with Gasteiger partial charge in [0.15, 0.2) is 0 Å². The van der Waals surface area contributed by atoms with Gasteiger partial charge in [0.25, 0.3) is 0 Å². The Kier molecular flexibility index (Phi) is 6.89. The zero-order chi connectivity index (χ0) is 17.6. The number of piperidine rings is 1. The van der Waals surface area contributed by atoms with Crippen molar-refractivity contribution in [2.75, 3.05) is 46.0 Å². The first kappa shape index (κ1) is 19.5. The van der Waals surface area contributed by atoms with Gasteiger partial charge in [0.1, 0.15) is 5.60 Å². The summed E-state index contributed by atoms with van der Waals surface area (Å²) in [7, 11) is 0. The maximum absolute atomic E-state index is 12.4. The summed E-state index contributed by atoms with van der Waals surface area (Å²) < 4.78 is 11.1. The van der Waals surface area contributed by atoms with Crippen molar-refractivity contribution >= 4 is 6.09 Å². The normalized spacial score (nSPS) is 24.2. The Labute approximate surface area is 145 Å². The molecule has 2 fully saturated rings. The average molecular weight is 342 g/mol. The number of carbonyl (C=O) groups is 1. The maximum atomic E-state index is 12.4. The number of ether oxygens (including phenoxy) is 2. The highest BCUT2D eigenvalue weighted by Gasteiger charge is 2.45. The van der Waals surface area contributed by atoms with E-state index in [1.807, 2.05) is 25.7 Å². The summed E-state index contributed by atoms with van der Waals surface area (Å²) in [5.41, 5.74) is -0.192. The maximum Gasteiger partial charge on any atom is 0.410 e. The monoisotopic (exact) mass is 342 g/mol. The zero-order valence-electron chi connectivity index (χ0n) is 15.5. The number of carbonyl (C=O) groups excluding carboxylic acids is 1. The van der Waals surface area contributed by atoms with E-state index in [9.17, 15) is 4.79 Å². The van der Waals surface area contributed by atoms with E-state index in [1.165, 1.54) is 0 Å². The van der Waals surface area contributed by atoms with Crippen molar-refractivity contribution in [3.8, 4) is 0 Å². The molecule has 0 aromatic rings. The molecule has 0 aromatic carbocycles. The highest BCUT2D eigenvalue weighted by atomic mass is 16.6. The molecule has 1 spiro atoms. The molecule has 2 heterocycles. The Balaban J connectivity index is 1.98. The van der Waals surface area contributed by atoms with Crippen molar-refractivity contribution in [3.63, 3.8) is 0 Å². The number of amides is 1. The summed E-state index contributed by atoms with van der Waals surface area (Å²) in [5.74, 6) is 0.404. The third kappa shape index (κ3) is 5.33. The first-order valence-corrected chi connectivity index (χ1v) is 9.23. The summed E-state index contributed by atoms with van der Waals surface area (Å²) in [4.78, 5) is 14.3. The number of hydrogen-bond acceptors (Lipinski definition) is 5. The van der Waals surface area contributed by atoms with Crippen molar-refractivity contribution in [1.82, 2.24) is 10.2 Å². The van der Waals surface area contributed by atoms with Crippen LogP contribution in [0.15, 0.2) is 0 Å². The van der Waals surface area contributed by atoms with Crippen molar-refractivity contribution in [3.05, 3.63) is 0 Å². The Morgan fingerprint density at radius 3 is 2.67 bits per heavy atom. The molecule has 24 heavy (non-hydrogen) atoms. The molecule has 1 amide bonds. The highest BCUT2D eigenvalue weighted by molar-refractivity contribution is 5.68. The van der Waals surface area contributed by atoms with E-state index in [0.717, 1.165) is 65.1 Å². The van der Waals surface area contributed by atoms with Gasteiger partial charge in [-0.05, 0) is 64.3 Å². The number of aliphatic hydroxyl groups excluding tert-OH is 1. The Bertz CT molecular complexity index is 402. The van der Waals surface area contributed by atoms with Gasteiger partial charge >= 0.3 is 6.09 Å². The Morgan fingerprint density at radius 1 is 1.33 bits per heavy atom. The van der Waals surface area contributed by atoms with Crippen LogP contribution >= 0.6 is 0 Å². The number of nitrogens with zero attached hydrogens (tertiary/aromatic N) is 1. The minimum atomic E-state index is -0.459. The van der Waals surface area contributed by atoms with E-state index in [-0.39, 0.29) is 18.1 Å². The molecule has 1 atom stereocenters. The molecule has 0 aliphatic carbocycles. The van der Waals surface area contributed by atoms with Gasteiger partial charge in [0.05, 0.1) is 0 Å². The van der Waals surface area contributed by atoms with Gasteiger partial charge in [-0.1, -0.05) is 0 Å². The molecule has 0 aromatic heterocycles. The standard InChI is InChI=1S/C18H34N2O4/c1-17(2,3)24-16(22)20-9-5-18(6-11-23-12-7-18)15(14-20)13-19-8-4-10-21/h15,19,21H,4-14H2,1-3H3. The second-order valence-corrected chi connectivity index (χ2v) is 8.13. The fourth-order valence-electron chi connectivity index (χ4n) is 3.80. The SMILES string of the molecule is CC(C)(C)OC(=O)N1CCC2(CCOCC2)C(CNCCCO)C1. The van der Waals surface area contributed by atoms with E-state index >= 15 is 0 Å². The third-order valence-electron chi connectivity index (χ3n) is 5.23. The van der Waals surface area contributed by atoms with Crippen LogP contribution < -0.4 is 5.32 Å². The molecule has 140 valence electrons. The van der Waals surface area contributed by atoms with Crippen LogP contribution in [0.5, 0.6) is 0 Å². The minimum Gasteiger partial charge on any atom is -0.444 e. The van der Waals surface area contributed by atoms with Crippen LogP contribution in [0, 0.1) is 11.3 Å². The second-order valence-electron chi connectivity index (χ2n) is 8.13. The molecule has 0 radical (unpaired) electrons. The largest absolute Gasteiger partial charge is 0.444 e. The third-order valence-corrected chi connectivity index (χ3v) is 5.23. The van der Waals surface area contributed by atoms with Crippen molar-refractivity contribution in [2.24, 2.45) is 11.3 Å². The van der Waals surface area contributed by atoms with Crippen LogP contribution in [0.2, 0.25) is 0 Å². The summed E-state index contributed by atoms with van der Waals surface area (Å²) in [6.07, 6.45) is 3.72. The van der Waals surface area contributed by atoms with Gasteiger partial charge in [0.2, 0.25) is 0 Å². The topological polar surface area (TPSA) is 71.0 Å². The lowest BCUT2D eigenvalue weighted by molar-refractivity contribution is -0.0619. The number of rotatable bonds is 5. The molecule has 2 rings (SSSR count). The summed E-state index contributed by atoms with van der Waals surface area (Å²) in [6.45, 7) is 10.8. The lowest BCUT2D eigenvalue weighted by atomic mass is 9.65. The van der Waals surface area contributed by atoms with E-state index in [1.54, 1.807) is 0 Å². The summed E-state index contributed by atoms with van der Waals surface area (Å²) in [5, 5.41) is 12.4. The number of hydrogen-bond donors (Lipinski definition) is 2. The minimum absolute atomic E-state index is 0.204. The second kappa shape index (κ2) is 8.50. The molecule has 1 unspecified atom stereocenters. The van der Waals surface area contributed by atoms with Gasteiger partial charge in [0, 0.05) is 39.5 Å². The van der Waals surface area contributed by atoms with Gasteiger partial charge in [-0.25, -0.2) is 4.79 Å². The van der Waals surface area contributed by atoms with E-state index in [2.05, 4.69) is 5.32 Å². The summed E-state index contributed by atoms with van der Waals surface area (Å²) in [6, 6.07) is 0.